The van der Waals surface area contributed by atoms with E-state index in [-0.39, 0.29) is 0 Å². The Hall–Kier alpha value is -2.00. The van der Waals surface area contributed by atoms with Gasteiger partial charge in [0.05, 0.1) is 0 Å². The van der Waals surface area contributed by atoms with Gasteiger partial charge in [0.1, 0.15) is 0 Å². The number of aryl methyl sites for hydroxylation is 1. The maximum Gasteiger partial charge on any atom is 0.00962 e. The Morgan fingerprint density at radius 1 is 1.18 bits per heavy atom. The van der Waals surface area contributed by atoms with Crippen LogP contribution in [-0.4, -0.2) is 0 Å². The SMILES string of the molecule is C#CC(CC=C)=C(CC=C)c1ccc(C)cc1. The lowest BCUT2D eigenvalue weighted by Crippen LogP contribution is -1.90. The summed E-state index contributed by atoms with van der Waals surface area (Å²) in [5.41, 5.74) is 4.58. The van der Waals surface area contributed by atoms with E-state index in [9.17, 15) is 0 Å². The van der Waals surface area contributed by atoms with E-state index >= 15 is 0 Å². The molecule has 0 heterocycles. The minimum atomic E-state index is 0.730. The largest absolute Gasteiger partial charge is 0.115 e. The molecule has 1 aromatic rings. The summed E-state index contributed by atoms with van der Waals surface area (Å²) in [7, 11) is 0. The number of rotatable bonds is 5. The lowest BCUT2D eigenvalue weighted by atomic mass is 9.95. The summed E-state index contributed by atoms with van der Waals surface area (Å²) >= 11 is 0. The lowest BCUT2D eigenvalue weighted by Gasteiger charge is -2.09. The molecule has 0 aliphatic heterocycles. The van der Waals surface area contributed by atoms with E-state index in [1.165, 1.54) is 16.7 Å². The van der Waals surface area contributed by atoms with Gasteiger partial charge in [-0.15, -0.1) is 19.6 Å². The zero-order valence-corrected chi connectivity index (χ0v) is 10.4. The van der Waals surface area contributed by atoms with Gasteiger partial charge in [0, 0.05) is 5.57 Å². The van der Waals surface area contributed by atoms with Crippen molar-refractivity contribution in [2.24, 2.45) is 0 Å². The first-order chi connectivity index (χ1) is 8.22. The van der Waals surface area contributed by atoms with Crippen molar-refractivity contribution in [1.82, 2.24) is 0 Å². The third-order valence-corrected chi connectivity index (χ3v) is 2.64. The first kappa shape index (κ1) is 13.1. The molecule has 0 nitrogen and oxygen atoms in total. The van der Waals surface area contributed by atoms with Gasteiger partial charge in [0.2, 0.25) is 0 Å². The molecular formula is C17H18. The summed E-state index contributed by atoms with van der Waals surface area (Å²) in [5.74, 6) is 2.76. The van der Waals surface area contributed by atoms with E-state index in [1.54, 1.807) is 0 Å². The number of benzene rings is 1. The molecule has 0 radical (unpaired) electrons. The van der Waals surface area contributed by atoms with Crippen LogP contribution in [0.5, 0.6) is 0 Å². The average molecular weight is 222 g/mol. The Kier molecular flexibility index (Phi) is 5.04. The molecule has 0 N–H and O–H groups in total. The monoisotopic (exact) mass is 222 g/mol. The topological polar surface area (TPSA) is 0 Å². The van der Waals surface area contributed by atoms with Gasteiger partial charge < -0.3 is 0 Å². The summed E-state index contributed by atoms with van der Waals surface area (Å²) in [4.78, 5) is 0. The molecule has 0 fully saturated rings. The molecule has 0 amide bonds. The van der Waals surface area contributed by atoms with Crippen LogP contribution in [-0.2, 0) is 0 Å². The summed E-state index contributed by atoms with van der Waals surface area (Å²) in [6, 6.07) is 8.41. The van der Waals surface area contributed by atoms with Crippen molar-refractivity contribution < 1.29 is 0 Å². The first-order valence-corrected chi connectivity index (χ1v) is 5.70. The van der Waals surface area contributed by atoms with Crippen molar-refractivity contribution in [1.29, 1.82) is 0 Å². The van der Waals surface area contributed by atoms with Gasteiger partial charge in [0.25, 0.3) is 0 Å². The highest BCUT2D eigenvalue weighted by molar-refractivity contribution is 5.73. The molecule has 1 aromatic carbocycles. The van der Waals surface area contributed by atoms with Crippen LogP contribution in [0, 0.1) is 19.3 Å². The van der Waals surface area contributed by atoms with E-state index in [0.717, 1.165) is 18.4 Å². The lowest BCUT2D eigenvalue weighted by molar-refractivity contribution is 1.26. The van der Waals surface area contributed by atoms with E-state index in [4.69, 9.17) is 6.42 Å². The van der Waals surface area contributed by atoms with Crippen molar-refractivity contribution >= 4 is 5.57 Å². The first-order valence-electron chi connectivity index (χ1n) is 5.70. The maximum atomic E-state index is 5.57. The molecule has 0 saturated heterocycles. The maximum absolute atomic E-state index is 5.57. The van der Waals surface area contributed by atoms with E-state index in [1.807, 2.05) is 12.2 Å². The second-order valence-corrected chi connectivity index (χ2v) is 3.95. The third kappa shape index (κ3) is 3.50. The standard InChI is InChI=1S/C17H18/c1-5-8-15(7-3)17(9-6-2)16-12-10-14(4)11-13-16/h3,5-6,10-13H,1-2,8-9H2,4H3. The Bertz CT molecular complexity index is 464. The van der Waals surface area contributed by atoms with Crippen LogP contribution in [0.2, 0.25) is 0 Å². The van der Waals surface area contributed by atoms with E-state index < -0.39 is 0 Å². The zero-order chi connectivity index (χ0) is 12.7. The van der Waals surface area contributed by atoms with Gasteiger partial charge in [-0.25, -0.2) is 0 Å². The highest BCUT2D eigenvalue weighted by atomic mass is 14.1. The van der Waals surface area contributed by atoms with Crippen molar-refractivity contribution in [2.75, 3.05) is 0 Å². The number of terminal acetylenes is 1. The smallest absolute Gasteiger partial charge is 0.00962 e. The molecule has 17 heavy (non-hydrogen) atoms. The molecule has 0 spiro atoms. The van der Waals surface area contributed by atoms with E-state index in [0.29, 0.717) is 0 Å². The molecule has 0 aromatic heterocycles. The predicted molar refractivity (Wildman–Crippen MR) is 76.6 cm³/mol. The van der Waals surface area contributed by atoms with Crippen molar-refractivity contribution in [3.05, 3.63) is 66.3 Å². The fraction of sp³-hybridized carbons (Fsp3) is 0.176. The van der Waals surface area contributed by atoms with Crippen LogP contribution >= 0.6 is 0 Å². The number of hydrogen-bond donors (Lipinski definition) is 0. The van der Waals surface area contributed by atoms with Gasteiger partial charge >= 0.3 is 0 Å². The second kappa shape index (κ2) is 6.55. The van der Waals surface area contributed by atoms with E-state index in [2.05, 4.69) is 50.3 Å². The molecule has 0 heteroatoms. The molecule has 1 rings (SSSR count). The Morgan fingerprint density at radius 3 is 2.24 bits per heavy atom. The Morgan fingerprint density at radius 2 is 1.76 bits per heavy atom. The normalized spacial score (nSPS) is 11.3. The number of hydrogen-bond acceptors (Lipinski definition) is 0. The summed E-state index contributed by atoms with van der Waals surface area (Å²) < 4.78 is 0. The van der Waals surface area contributed by atoms with Crippen molar-refractivity contribution in [3.8, 4) is 12.3 Å². The molecule has 0 atom stereocenters. The van der Waals surface area contributed by atoms with Gasteiger partial charge in [-0.3, -0.25) is 0 Å². The Balaban J connectivity index is 3.24. The molecule has 0 saturated carbocycles. The summed E-state index contributed by atoms with van der Waals surface area (Å²) in [6.45, 7) is 9.61. The van der Waals surface area contributed by atoms with Crippen LogP contribution < -0.4 is 0 Å². The summed E-state index contributed by atoms with van der Waals surface area (Å²) in [6.07, 6.45) is 10.8. The fourth-order valence-electron chi connectivity index (χ4n) is 1.73. The molecule has 0 unspecified atom stereocenters. The molecular weight excluding hydrogens is 204 g/mol. The van der Waals surface area contributed by atoms with Gasteiger partial charge in [-0.2, -0.15) is 0 Å². The van der Waals surface area contributed by atoms with Crippen LogP contribution in [0.1, 0.15) is 24.0 Å². The minimum absolute atomic E-state index is 0.730. The van der Waals surface area contributed by atoms with Gasteiger partial charge in [-0.05, 0) is 30.9 Å². The average Bonchev–Trinajstić information content (AvgIpc) is 2.35. The molecule has 0 bridgehead atoms. The molecule has 0 aliphatic carbocycles. The van der Waals surface area contributed by atoms with Crippen molar-refractivity contribution in [3.63, 3.8) is 0 Å². The van der Waals surface area contributed by atoms with Crippen LogP contribution in [0.15, 0.2) is 55.1 Å². The minimum Gasteiger partial charge on any atom is -0.115 e. The zero-order valence-electron chi connectivity index (χ0n) is 10.4. The van der Waals surface area contributed by atoms with Gasteiger partial charge in [0.15, 0.2) is 0 Å². The molecule has 0 aliphatic rings. The third-order valence-electron chi connectivity index (χ3n) is 2.64. The number of allylic oxidation sites excluding steroid dienone is 4. The van der Waals surface area contributed by atoms with Crippen LogP contribution in [0.25, 0.3) is 5.57 Å². The van der Waals surface area contributed by atoms with Crippen LogP contribution in [0.3, 0.4) is 0 Å². The van der Waals surface area contributed by atoms with Gasteiger partial charge in [-0.1, -0.05) is 47.9 Å². The Labute approximate surface area is 104 Å². The van der Waals surface area contributed by atoms with Crippen LogP contribution in [0.4, 0.5) is 0 Å². The van der Waals surface area contributed by atoms with Crippen molar-refractivity contribution in [2.45, 2.75) is 19.8 Å². The fourth-order valence-corrected chi connectivity index (χ4v) is 1.73. The highest BCUT2D eigenvalue weighted by Crippen LogP contribution is 2.25. The highest BCUT2D eigenvalue weighted by Gasteiger charge is 2.05. The summed E-state index contributed by atoms with van der Waals surface area (Å²) in [5, 5.41) is 0. The predicted octanol–water partition coefficient (Wildman–Crippen LogP) is 4.53. The quantitative estimate of drug-likeness (QED) is 0.507. The second-order valence-electron chi connectivity index (χ2n) is 3.95. The molecule has 86 valence electrons.